The van der Waals surface area contributed by atoms with Crippen molar-refractivity contribution in [2.24, 2.45) is 0 Å². The van der Waals surface area contributed by atoms with Gasteiger partial charge in [-0.3, -0.25) is 9.13 Å². The summed E-state index contributed by atoms with van der Waals surface area (Å²) < 4.78 is 29.1. The van der Waals surface area contributed by atoms with Crippen molar-refractivity contribution in [2.45, 2.75) is 25.4 Å². The minimum absolute atomic E-state index is 0.125. The van der Waals surface area contributed by atoms with Crippen LogP contribution in [0.4, 0.5) is 0 Å². The number of rotatable bonds is 10. The Morgan fingerprint density at radius 2 is 2.00 bits per heavy atom. The highest BCUT2D eigenvalue weighted by Crippen LogP contribution is 2.47. The Balaban J connectivity index is 2.46. The van der Waals surface area contributed by atoms with Gasteiger partial charge in [0, 0.05) is 6.20 Å². The van der Waals surface area contributed by atoms with E-state index < -0.39 is 7.60 Å². The molecule has 0 saturated carbocycles. The number of hydrogen-bond donors (Lipinski definition) is 0. The van der Waals surface area contributed by atoms with Gasteiger partial charge in [0.15, 0.2) is 0 Å². The van der Waals surface area contributed by atoms with Crippen molar-refractivity contribution in [3.63, 3.8) is 0 Å². The minimum Gasteiger partial charge on any atom is -0.367 e. The number of thioether (sulfide) groups is 1. The van der Waals surface area contributed by atoms with Gasteiger partial charge in [-0.2, -0.15) is 4.98 Å². The monoisotopic (exact) mass is 336 g/mol. The molecule has 0 spiro atoms. The predicted octanol–water partition coefficient (Wildman–Crippen LogP) is 2.21. The van der Waals surface area contributed by atoms with Crippen LogP contribution in [0.1, 0.15) is 13.8 Å². The average Bonchev–Trinajstić information content (AvgIpc) is 2.45. The summed E-state index contributed by atoms with van der Waals surface area (Å²) in [6.45, 7) is 4.62. The Morgan fingerprint density at radius 3 is 2.52 bits per heavy atom. The molecule has 0 fully saturated rings. The van der Waals surface area contributed by atoms with E-state index in [1.807, 2.05) is 6.26 Å². The Morgan fingerprint density at radius 1 is 1.33 bits per heavy atom. The number of ether oxygens (including phenoxy) is 1. The van der Waals surface area contributed by atoms with E-state index in [1.54, 1.807) is 26.1 Å². The zero-order valence-electron chi connectivity index (χ0n) is 12.5. The van der Waals surface area contributed by atoms with Gasteiger partial charge in [-0.25, -0.2) is 4.79 Å². The van der Waals surface area contributed by atoms with Gasteiger partial charge in [-0.1, -0.05) is 0 Å². The molecular formula is C12H21N2O5PS. The molecule has 0 radical (unpaired) electrons. The fourth-order valence-corrected chi connectivity index (χ4v) is 3.27. The molecule has 1 aromatic rings. The maximum atomic E-state index is 12.1. The Bertz CT molecular complexity index is 527. The molecule has 1 heterocycles. The second-order valence-electron chi connectivity index (χ2n) is 3.93. The standard InChI is InChI=1S/C12H21N2O5PS/c1-4-18-20(16,19-5-2)10-17-9-8-14-7-6-11(21-3)13-12(14)15/h6-7H,4-5,8-10H2,1-3H3. The molecule has 120 valence electrons. The van der Waals surface area contributed by atoms with Gasteiger partial charge in [0.2, 0.25) is 0 Å². The molecule has 21 heavy (non-hydrogen) atoms. The van der Waals surface area contributed by atoms with Crippen LogP contribution in [0.3, 0.4) is 0 Å². The van der Waals surface area contributed by atoms with Crippen molar-refractivity contribution in [1.29, 1.82) is 0 Å². The third kappa shape index (κ3) is 6.32. The van der Waals surface area contributed by atoms with Crippen LogP contribution in [0.25, 0.3) is 0 Å². The lowest BCUT2D eigenvalue weighted by Gasteiger charge is -2.16. The topological polar surface area (TPSA) is 79.7 Å². The van der Waals surface area contributed by atoms with Crippen molar-refractivity contribution >= 4 is 19.4 Å². The molecule has 0 atom stereocenters. The summed E-state index contributed by atoms with van der Waals surface area (Å²) in [6.07, 6.45) is 3.39. The van der Waals surface area contributed by atoms with E-state index in [0.717, 1.165) is 0 Å². The van der Waals surface area contributed by atoms with Crippen LogP contribution in [0.2, 0.25) is 0 Å². The molecule has 0 amide bonds. The average molecular weight is 336 g/mol. The molecule has 9 heteroatoms. The van der Waals surface area contributed by atoms with Gasteiger partial charge in [-0.05, 0) is 26.2 Å². The smallest absolute Gasteiger partial charge is 0.356 e. The maximum Gasteiger partial charge on any atom is 0.356 e. The summed E-state index contributed by atoms with van der Waals surface area (Å²) in [5, 5.41) is 0.675. The van der Waals surface area contributed by atoms with Gasteiger partial charge in [0.25, 0.3) is 0 Å². The summed E-state index contributed by atoms with van der Waals surface area (Å²) in [6, 6.07) is 1.76. The highest BCUT2D eigenvalue weighted by atomic mass is 32.2. The summed E-state index contributed by atoms with van der Waals surface area (Å²) in [5.74, 6) is 0. The first-order valence-corrected chi connectivity index (χ1v) is 9.57. The lowest BCUT2D eigenvalue weighted by Crippen LogP contribution is -2.24. The fraction of sp³-hybridized carbons (Fsp3) is 0.667. The van der Waals surface area contributed by atoms with Crippen molar-refractivity contribution in [1.82, 2.24) is 9.55 Å². The highest BCUT2D eigenvalue weighted by molar-refractivity contribution is 7.98. The molecule has 1 rings (SSSR count). The van der Waals surface area contributed by atoms with Gasteiger partial charge in [0.05, 0.1) is 26.4 Å². The SMILES string of the molecule is CCOP(=O)(COCCn1ccc(SC)nc1=O)OCC. The van der Waals surface area contributed by atoms with Crippen LogP contribution in [0.15, 0.2) is 22.1 Å². The van der Waals surface area contributed by atoms with Crippen molar-refractivity contribution < 1.29 is 18.3 Å². The van der Waals surface area contributed by atoms with E-state index in [-0.39, 0.29) is 18.6 Å². The third-order valence-electron chi connectivity index (χ3n) is 2.44. The minimum atomic E-state index is -3.19. The second kappa shape index (κ2) is 9.38. The van der Waals surface area contributed by atoms with E-state index in [9.17, 15) is 9.36 Å². The van der Waals surface area contributed by atoms with Crippen LogP contribution < -0.4 is 5.69 Å². The molecule has 7 nitrogen and oxygen atoms in total. The normalized spacial score (nSPS) is 11.8. The van der Waals surface area contributed by atoms with E-state index in [0.29, 0.717) is 24.8 Å². The summed E-state index contributed by atoms with van der Waals surface area (Å²) in [4.78, 5) is 15.6. The lowest BCUT2D eigenvalue weighted by molar-refractivity contribution is 0.126. The van der Waals surface area contributed by atoms with Crippen LogP contribution in [0, 0.1) is 0 Å². The molecule has 0 N–H and O–H groups in total. The molecule has 0 saturated heterocycles. The zero-order chi connectivity index (χ0) is 15.7. The molecule has 0 aliphatic carbocycles. The molecule has 0 aromatic carbocycles. The van der Waals surface area contributed by atoms with Gasteiger partial charge in [0.1, 0.15) is 11.4 Å². The van der Waals surface area contributed by atoms with E-state index in [1.165, 1.54) is 16.3 Å². The Hall–Kier alpha value is -0.660. The third-order valence-corrected chi connectivity index (χ3v) is 4.88. The van der Waals surface area contributed by atoms with Gasteiger partial charge >= 0.3 is 13.3 Å². The first-order chi connectivity index (χ1) is 10.0. The van der Waals surface area contributed by atoms with E-state index in [2.05, 4.69) is 4.98 Å². The van der Waals surface area contributed by atoms with Crippen molar-refractivity contribution in [2.75, 3.05) is 32.4 Å². The van der Waals surface area contributed by atoms with E-state index in [4.69, 9.17) is 13.8 Å². The van der Waals surface area contributed by atoms with Crippen molar-refractivity contribution in [3.8, 4) is 0 Å². The highest BCUT2D eigenvalue weighted by Gasteiger charge is 2.23. The van der Waals surface area contributed by atoms with Crippen LogP contribution >= 0.6 is 19.4 Å². The zero-order valence-corrected chi connectivity index (χ0v) is 14.2. The molecule has 1 aromatic heterocycles. The van der Waals surface area contributed by atoms with E-state index >= 15 is 0 Å². The van der Waals surface area contributed by atoms with Crippen LogP contribution in [0.5, 0.6) is 0 Å². The predicted molar refractivity (Wildman–Crippen MR) is 82.0 cm³/mol. The van der Waals surface area contributed by atoms with Crippen LogP contribution in [-0.2, 0) is 24.9 Å². The largest absolute Gasteiger partial charge is 0.367 e. The maximum absolute atomic E-state index is 12.1. The second-order valence-corrected chi connectivity index (χ2v) is 6.75. The number of nitrogens with zero attached hydrogens (tertiary/aromatic N) is 2. The van der Waals surface area contributed by atoms with Gasteiger partial charge < -0.3 is 13.8 Å². The number of aromatic nitrogens is 2. The van der Waals surface area contributed by atoms with Crippen LogP contribution in [-0.4, -0.2) is 42.0 Å². The Labute approximate surface area is 128 Å². The summed E-state index contributed by atoms with van der Waals surface area (Å²) in [5.41, 5.74) is -0.330. The molecule has 0 aliphatic heterocycles. The van der Waals surface area contributed by atoms with Gasteiger partial charge in [-0.15, -0.1) is 11.8 Å². The Kier molecular flexibility index (Phi) is 8.21. The molecule has 0 bridgehead atoms. The molecular weight excluding hydrogens is 315 g/mol. The van der Waals surface area contributed by atoms with Crippen molar-refractivity contribution in [3.05, 3.63) is 22.7 Å². The summed E-state index contributed by atoms with van der Waals surface area (Å²) in [7, 11) is -3.19. The quantitative estimate of drug-likeness (QED) is 0.280. The molecule has 0 aliphatic rings. The number of hydrogen-bond acceptors (Lipinski definition) is 7. The first-order valence-electron chi connectivity index (χ1n) is 6.62. The first kappa shape index (κ1) is 18.4. The fourth-order valence-electron chi connectivity index (χ4n) is 1.54. The summed E-state index contributed by atoms with van der Waals surface area (Å²) >= 11 is 1.41. The lowest BCUT2D eigenvalue weighted by atomic mass is 10.6. The molecule has 0 unspecified atom stereocenters.